The van der Waals surface area contributed by atoms with Crippen LogP contribution in [0.5, 0.6) is 5.75 Å². The number of furan rings is 1. The van der Waals surface area contributed by atoms with Gasteiger partial charge in [-0.1, -0.05) is 53.8 Å². The van der Waals surface area contributed by atoms with Crippen LogP contribution in [0.15, 0.2) is 98.3 Å². The summed E-state index contributed by atoms with van der Waals surface area (Å²) in [6.45, 7) is 3.66. The number of aromatic nitrogens is 1. The molecule has 44 heavy (non-hydrogen) atoms. The molecule has 0 amide bonds. The number of hydrogen-bond donors (Lipinski definition) is 0. The van der Waals surface area contributed by atoms with Crippen molar-refractivity contribution >= 4 is 40.1 Å². The Bertz CT molecular complexity index is 2130. The number of allylic oxidation sites excluding steroid dienone is 1. The zero-order valence-electron chi connectivity index (χ0n) is 24.5. The second kappa shape index (κ2) is 11.8. The molecule has 222 valence electrons. The molecule has 0 N–H and O–H groups in total. The number of rotatable bonds is 7. The Kier molecular flexibility index (Phi) is 7.75. The molecule has 10 heteroatoms. The van der Waals surface area contributed by atoms with Crippen molar-refractivity contribution in [1.82, 2.24) is 4.57 Å². The van der Waals surface area contributed by atoms with E-state index in [4.69, 9.17) is 18.6 Å². The van der Waals surface area contributed by atoms with E-state index in [-0.39, 0.29) is 17.7 Å². The van der Waals surface area contributed by atoms with E-state index >= 15 is 0 Å². The molecule has 3 aromatic carbocycles. The predicted molar refractivity (Wildman–Crippen MR) is 166 cm³/mol. The van der Waals surface area contributed by atoms with Crippen molar-refractivity contribution in [3.8, 4) is 17.1 Å². The molecule has 3 heterocycles. The van der Waals surface area contributed by atoms with Crippen LogP contribution in [0.3, 0.4) is 0 Å². The molecule has 0 saturated carbocycles. The number of esters is 2. The molecule has 0 aliphatic carbocycles. The fourth-order valence-electron chi connectivity index (χ4n) is 5.40. The summed E-state index contributed by atoms with van der Waals surface area (Å²) in [7, 11) is 2.90. The van der Waals surface area contributed by atoms with Gasteiger partial charge in [0.1, 0.15) is 23.3 Å². The lowest BCUT2D eigenvalue weighted by Gasteiger charge is -2.27. The predicted octanol–water partition coefficient (Wildman–Crippen LogP) is 5.01. The highest BCUT2D eigenvalue weighted by Gasteiger charge is 2.36. The Labute approximate surface area is 255 Å². The average molecular weight is 609 g/mol. The van der Waals surface area contributed by atoms with E-state index in [1.807, 2.05) is 36.4 Å². The van der Waals surface area contributed by atoms with Crippen LogP contribution in [0.1, 0.15) is 41.6 Å². The van der Waals surface area contributed by atoms with Crippen molar-refractivity contribution < 1.29 is 28.2 Å². The van der Waals surface area contributed by atoms with Crippen LogP contribution >= 0.6 is 11.3 Å². The van der Waals surface area contributed by atoms with E-state index in [0.29, 0.717) is 43.4 Å². The number of thiazole rings is 1. The van der Waals surface area contributed by atoms with E-state index in [0.717, 1.165) is 16.3 Å². The summed E-state index contributed by atoms with van der Waals surface area (Å²) >= 11 is 1.21. The number of fused-ring (bicyclic) bond motifs is 2. The van der Waals surface area contributed by atoms with Gasteiger partial charge in [0.2, 0.25) is 0 Å². The standard InChI is InChI=1S/C34H28N2O7S/c1-5-42-33(39)28-19(2)35-34-36(30(28)29-24-9-7-6-8-20(24)14-16-26(29)40-3)31(37)27(44-34)18-23-15-17-25(43-23)21-10-12-22(13-11-21)32(38)41-4/h6-18,30H,5H2,1-4H3/b27-18-. The highest BCUT2D eigenvalue weighted by Crippen LogP contribution is 2.40. The van der Waals surface area contributed by atoms with Crippen molar-refractivity contribution in [3.05, 3.63) is 121 Å². The molecule has 6 rings (SSSR count). The van der Waals surface area contributed by atoms with Gasteiger partial charge in [-0.25, -0.2) is 14.6 Å². The van der Waals surface area contributed by atoms with Gasteiger partial charge in [-0.15, -0.1) is 0 Å². The number of ether oxygens (including phenoxy) is 3. The topological polar surface area (TPSA) is 109 Å². The zero-order chi connectivity index (χ0) is 31.0. The van der Waals surface area contributed by atoms with E-state index in [2.05, 4.69) is 4.99 Å². The maximum absolute atomic E-state index is 14.2. The third-order valence-corrected chi connectivity index (χ3v) is 8.41. The molecule has 0 bridgehead atoms. The quantitative estimate of drug-likeness (QED) is 0.239. The monoisotopic (exact) mass is 608 g/mol. The molecule has 0 fully saturated rings. The summed E-state index contributed by atoms with van der Waals surface area (Å²) in [6.07, 6.45) is 1.66. The van der Waals surface area contributed by atoms with Gasteiger partial charge in [-0.3, -0.25) is 9.36 Å². The maximum Gasteiger partial charge on any atom is 0.338 e. The number of methoxy groups -OCH3 is 2. The van der Waals surface area contributed by atoms with Crippen molar-refractivity contribution in [2.75, 3.05) is 20.8 Å². The molecule has 1 aliphatic rings. The largest absolute Gasteiger partial charge is 0.496 e. The fraction of sp³-hybridized carbons (Fsp3) is 0.176. The highest BCUT2D eigenvalue weighted by molar-refractivity contribution is 7.07. The Hall–Kier alpha value is -5.22. The Morgan fingerprint density at radius 2 is 1.77 bits per heavy atom. The lowest BCUT2D eigenvalue weighted by molar-refractivity contribution is -0.139. The first-order valence-corrected chi connectivity index (χ1v) is 14.7. The third-order valence-electron chi connectivity index (χ3n) is 7.43. The molecule has 0 spiro atoms. The first-order valence-electron chi connectivity index (χ1n) is 13.9. The van der Waals surface area contributed by atoms with Gasteiger partial charge in [-0.2, -0.15) is 0 Å². The first-order chi connectivity index (χ1) is 21.3. The molecule has 1 atom stereocenters. The van der Waals surface area contributed by atoms with Crippen LogP contribution in [0, 0.1) is 0 Å². The van der Waals surface area contributed by atoms with Crippen molar-refractivity contribution in [3.63, 3.8) is 0 Å². The van der Waals surface area contributed by atoms with E-state index < -0.39 is 18.0 Å². The van der Waals surface area contributed by atoms with Crippen LogP contribution in [0.2, 0.25) is 0 Å². The number of hydrogen-bond acceptors (Lipinski definition) is 9. The smallest absolute Gasteiger partial charge is 0.338 e. The molecule has 9 nitrogen and oxygen atoms in total. The SMILES string of the molecule is CCOC(=O)C1=C(C)N=c2s/c(=C\c3ccc(-c4ccc(C(=O)OC)cc4)o3)c(=O)n2C1c1c(OC)ccc2ccccc12. The van der Waals surface area contributed by atoms with Crippen LogP contribution in [-0.2, 0) is 14.3 Å². The lowest BCUT2D eigenvalue weighted by Crippen LogP contribution is -2.40. The minimum atomic E-state index is -0.839. The Morgan fingerprint density at radius 1 is 1.00 bits per heavy atom. The van der Waals surface area contributed by atoms with Gasteiger partial charge in [0.15, 0.2) is 4.80 Å². The van der Waals surface area contributed by atoms with Crippen LogP contribution in [0.25, 0.3) is 28.2 Å². The van der Waals surface area contributed by atoms with Crippen molar-refractivity contribution in [2.24, 2.45) is 4.99 Å². The Balaban J connectivity index is 1.50. The maximum atomic E-state index is 14.2. The minimum Gasteiger partial charge on any atom is -0.496 e. The average Bonchev–Trinajstić information content (AvgIpc) is 3.63. The summed E-state index contributed by atoms with van der Waals surface area (Å²) in [5.74, 6) is 0.598. The summed E-state index contributed by atoms with van der Waals surface area (Å²) in [4.78, 5) is 44.5. The van der Waals surface area contributed by atoms with Gasteiger partial charge in [-0.05, 0) is 55.0 Å². The second-order valence-corrected chi connectivity index (χ2v) is 11.0. The summed E-state index contributed by atoms with van der Waals surface area (Å²) in [6, 6.07) is 21.1. The van der Waals surface area contributed by atoms with Crippen LogP contribution in [0.4, 0.5) is 0 Å². The van der Waals surface area contributed by atoms with E-state index in [9.17, 15) is 14.4 Å². The van der Waals surface area contributed by atoms with Gasteiger partial charge in [0.05, 0.1) is 42.2 Å². The number of carbonyl (C=O) groups excluding carboxylic acids is 2. The van der Waals surface area contributed by atoms with Gasteiger partial charge in [0.25, 0.3) is 5.56 Å². The molecule has 5 aromatic rings. The third kappa shape index (κ3) is 5.03. The molecular weight excluding hydrogens is 580 g/mol. The summed E-state index contributed by atoms with van der Waals surface area (Å²) < 4.78 is 24.0. The normalized spacial score (nSPS) is 14.7. The fourth-order valence-corrected chi connectivity index (χ4v) is 6.43. The van der Waals surface area contributed by atoms with Crippen molar-refractivity contribution in [1.29, 1.82) is 0 Å². The van der Waals surface area contributed by atoms with E-state index in [1.165, 1.54) is 23.0 Å². The second-order valence-electron chi connectivity index (χ2n) is 9.98. The van der Waals surface area contributed by atoms with E-state index in [1.54, 1.807) is 63.4 Å². The minimum absolute atomic E-state index is 0.172. The summed E-state index contributed by atoms with van der Waals surface area (Å²) in [5, 5.41) is 1.78. The first kappa shape index (κ1) is 28.9. The molecule has 1 aliphatic heterocycles. The number of benzene rings is 3. The molecule has 2 aromatic heterocycles. The zero-order valence-corrected chi connectivity index (χ0v) is 25.3. The van der Waals surface area contributed by atoms with Gasteiger partial charge in [0, 0.05) is 17.2 Å². The number of nitrogens with zero attached hydrogens (tertiary/aromatic N) is 2. The van der Waals surface area contributed by atoms with Crippen LogP contribution in [-0.4, -0.2) is 37.3 Å². The molecule has 1 unspecified atom stereocenters. The number of carbonyl (C=O) groups is 2. The van der Waals surface area contributed by atoms with Crippen LogP contribution < -0.4 is 19.6 Å². The highest BCUT2D eigenvalue weighted by atomic mass is 32.1. The van der Waals surface area contributed by atoms with Gasteiger partial charge < -0.3 is 18.6 Å². The molecule has 0 saturated heterocycles. The summed E-state index contributed by atoms with van der Waals surface area (Å²) in [5.41, 5.74) is 2.27. The lowest BCUT2D eigenvalue weighted by atomic mass is 9.90. The van der Waals surface area contributed by atoms with Gasteiger partial charge >= 0.3 is 11.9 Å². The van der Waals surface area contributed by atoms with Crippen molar-refractivity contribution in [2.45, 2.75) is 19.9 Å². The molecular formula is C34H28N2O7S. The Morgan fingerprint density at radius 3 is 2.50 bits per heavy atom. The molecule has 0 radical (unpaired) electrons.